The van der Waals surface area contributed by atoms with Gasteiger partial charge in [-0.3, -0.25) is 0 Å². The molecule has 0 spiro atoms. The largest absolute Gasteiger partial charge is 0.493 e. The summed E-state index contributed by atoms with van der Waals surface area (Å²) in [5.74, 6) is 1.59. The van der Waals surface area contributed by atoms with Crippen molar-refractivity contribution >= 4 is 5.97 Å². The van der Waals surface area contributed by atoms with Crippen LogP contribution in [0.1, 0.15) is 40.5 Å². The van der Waals surface area contributed by atoms with E-state index in [0.29, 0.717) is 41.8 Å². The minimum absolute atomic E-state index is 0.315. The van der Waals surface area contributed by atoms with Crippen LogP contribution in [0, 0.1) is 0 Å². The smallest absolute Gasteiger partial charge is 0.354 e. The van der Waals surface area contributed by atoms with Crippen LogP contribution in [-0.4, -0.2) is 45.9 Å². The Bertz CT molecular complexity index is 839. The third kappa shape index (κ3) is 3.35. The molecule has 146 valence electrons. The predicted molar refractivity (Wildman–Crippen MR) is 102 cm³/mol. The number of nitrogens with one attached hydrogen (secondary N) is 1. The van der Waals surface area contributed by atoms with E-state index in [4.69, 9.17) is 24.7 Å². The predicted octanol–water partition coefficient (Wildman–Crippen LogP) is 2.87. The number of carbonyl (C=O) groups excluding carboxylic acids is 1. The number of aromatic amines is 1. The van der Waals surface area contributed by atoms with E-state index in [1.807, 2.05) is 12.1 Å². The molecule has 0 atom stereocenters. The van der Waals surface area contributed by atoms with Crippen molar-refractivity contribution in [2.75, 3.05) is 35.0 Å². The molecule has 1 saturated carbocycles. The van der Waals surface area contributed by atoms with Crippen molar-refractivity contribution in [1.29, 1.82) is 0 Å². The number of ether oxygens (including phenoxy) is 4. The van der Waals surface area contributed by atoms with E-state index in [1.165, 1.54) is 7.11 Å². The zero-order chi connectivity index (χ0) is 19.6. The lowest BCUT2D eigenvalue weighted by molar-refractivity contribution is 0.0593. The lowest BCUT2D eigenvalue weighted by Crippen LogP contribution is -2.06. The Balaban J connectivity index is 2.30. The van der Waals surface area contributed by atoms with Gasteiger partial charge in [0.1, 0.15) is 5.69 Å². The molecule has 0 unspecified atom stereocenters. The normalized spacial score (nSPS) is 13.4. The fraction of sp³-hybridized carbons (Fsp3) is 0.450. The third-order valence-electron chi connectivity index (χ3n) is 4.86. The molecule has 1 aliphatic carbocycles. The summed E-state index contributed by atoms with van der Waals surface area (Å²) in [4.78, 5) is 15.6. The molecule has 1 aromatic carbocycles. The van der Waals surface area contributed by atoms with Crippen LogP contribution in [0.25, 0.3) is 11.1 Å². The van der Waals surface area contributed by atoms with Gasteiger partial charge >= 0.3 is 5.97 Å². The van der Waals surface area contributed by atoms with Crippen molar-refractivity contribution in [1.82, 2.24) is 4.98 Å². The summed E-state index contributed by atoms with van der Waals surface area (Å²) in [7, 11) is 6.13. The Morgan fingerprint density at radius 1 is 1.11 bits per heavy atom. The highest BCUT2D eigenvalue weighted by molar-refractivity contribution is 5.95. The van der Waals surface area contributed by atoms with Gasteiger partial charge in [0.25, 0.3) is 0 Å². The highest BCUT2D eigenvalue weighted by atomic mass is 16.5. The zero-order valence-corrected chi connectivity index (χ0v) is 16.2. The third-order valence-corrected chi connectivity index (χ3v) is 4.86. The molecule has 0 radical (unpaired) electrons. The first-order chi connectivity index (χ1) is 13.1. The first-order valence-electron chi connectivity index (χ1n) is 8.93. The Morgan fingerprint density at radius 2 is 1.81 bits per heavy atom. The van der Waals surface area contributed by atoms with Crippen LogP contribution in [0.2, 0.25) is 0 Å². The average Bonchev–Trinajstić information content (AvgIpc) is 3.47. The molecule has 0 saturated heterocycles. The van der Waals surface area contributed by atoms with Crippen molar-refractivity contribution in [3.05, 3.63) is 29.1 Å². The molecule has 2 aromatic rings. The molecule has 1 fully saturated rings. The summed E-state index contributed by atoms with van der Waals surface area (Å²) in [6, 6.07) is 3.76. The van der Waals surface area contributed by atoms with E-state index in [0.717, 1.165) is 35.2 Å². The summed E-state index contributed by atoms with van der Waals surface area (Å²) in [5, 5.41) is 0. The Morgan fingerprint density at radius 3 is 2.33 bits per heavy atom. The number of carbonyl (C=O) groups is 1. The maximum Gasteiger partial charge on any atom is 0.354 e. The Kier molecular flexibility index (Phi) is 5.60. The van der Waals surface area contributed by atoms with Crippen molar-refractivity contribution in [2.24, 2.45) is 5.73 Å². The Labute approximate surface area is 158 Å². The molecule has 1 aliphatic rings. The zero-order valence-electron chi connectivity index (χ0n) is 16.2. The van der Waals surface area contributed by atoms with Gasteiger partial charge in [-0.05, 0) is 43.0 Å². The monoisotopic (exact) mass is 374 g/mol. The first-order valence-corrected chi connectivity index (χ1v) is 8.93. The first kappa shape index (κ1) is 19.1. The van der Waals surface area contributed by atoms with Crippen LogP contribution < -0.4 is 19.9 Å². The van der Waals surface area contributed by atoms with Crippen molar-refractivity contribution in [2.45, 2.75) is 25.2 Å². The molecule has 0 bridgehead atoms. The molecule has 7 heteroatoms. The molecular formula is C20H26N2O5. The summed E-state index contributed by atoms with van der Waals surface area (Å²) in [5.41, 5.74) is 9.97. The number of benzene rings is 1. The Hall–Kier alpha value is -2.67. The number of rotatable bonds is 8. The quantitative estimate of drug-likeness (QED) is 0.690. The molecule has 3 rings (SSSR count). The van der Waals surface area contributed by atoms with E-state index < -0.39 is 0 Å². The topological polar surface area (TPSA) is 95.8 Å². The van der Waals surface area contributed by atoms with Gasteiger partial charge in [-0.1, -0.05) is 0 Å². The number of methoxy groups -OCH3 is 4. The minimum atomic E-state index is -0.374. The van der Waals surface area contributed by atoms with Gasteiger partial charge in [-0.15, -0.1) is 0 Å². The number of hydrogen-bond donors (Lipinski definition) is 2. The van der Waals surface area contributed by atoms with E-state index in [-0.39, 0.29) is 5.97 Å². The molecule has 0 aliphatic heterocycles. The molecule has 3 N–H and O–H groups in total. The van der Waals surface area contributed by atoms with Gasteiger partial charge in [0, 0.05) is 23.2 Å². The summed E-state index contributed by atoms with van der Waals surface area (Å²) in [6.45, 7) is 0.452. The highest BCUT2D eigenvalue weighted by Gasteiger charge is 2.36. The molecular weight excluding hydrogens is 348 g/mol. The fourth-order valence-corrected chi connectivity index (χ4v) is 3.55. The maximum atomic E-state index is 12.4. The maximum absolute atomic E-state index is 12.4. The highest BCUT2D eigenvalue weighted by Crippen LogP contribution is 2.52. The van der Waals surface area contributed by atoms with Crippen LogP contribution in [0.3, 0.4) is 0 Å². The number of esters is 1. The van der Waals surface area contributed by atoms with Crippen LogP contribution in [-0.2, 0) is 11.2 Å². The second-order valence-electron chi connectivity index (χ2n) is 6.45. The van der Waals surface area contributed by atoms with Gasteiger partial charge in [-0.2, -0.15) is 0 Å². The molecule has 7 nitrogen and oxygen atoms in total. The van der Waals surface area contributed by atoms with Crippen molar-refractivity contribution in [3.63, 3.8) is 0 Å². The van der Waals surface area contributed by atoms with Gasteiger partial charge in [-0.25, -0.2) is 4.79 Å². The summed E-state index contributed by atoms with van der Waals surface area (Å²) < 4.78 is 21.6. The number of hydrogen-bond acceptors (Lipinski definition) is 6. The summed E-state index contributed by atoms with van der Waals surface area (Å²) in [6.07, 6.45) is 2.67. The van der Waals surface area contributed by atoms with Crippen LogP contribution in [0.15, 0.2) is 12.1 Å². The molecule has 27 heavy (non-hydrogen) atoms. The minimum Gasteiger partial charge on any atom is -0.493 e. The second kappa shape index (κ2) is 7.92. The average molecular weight is 374 g/mol. The molecule has 1 heterocycles. The number of aromatic nitrogens is 1. The van der Waals surface area contributed by atoms with Gasteiger partial charge in [0.15, 0.2) is 11.5 Å². The van der Waals surface area contributed by atoms with E-state index in [9.17, 15) is 4.79 Å². The molecule has 0 amide bonds. The standard InChI is InChI=1S/C20H26N2O5/c1-24-14-8-7-12(18(25-2)19(14)26-3)16-13(9-10-21)22-17(20(23)27-4)15(16)11-5-6-11/h7-8,11,22H,5-6,9-10,21H2,1-4H3. The SMILES string of the molecule is COC(=O)c1[nH]c(CCN)c(-c2ccc(OC)c(OC)c2OC)c1C1CC1. The van der Waals surface area contributed by atoms with E-state index in [2.05, 4.69) is 4.98 Å². The van der Waals surface area contributed by atoms with E-state index in [1.54, 1.807) is 21.3 Å². The lowest BCUT2D eigenvalue weighted by Gasteiger charge is -2.17. The van der Waals surface area contributed by atoms with Gasteiger partial charge in [0.2, 0.25) is 5.75 Å². The number of H-pyrrole nitrogens is 1. The van der Waals surface area contributed by atoms with Gasteiger partial charge < -0.3 is 29.7 Å². The van der Waals surface area contributed by atoms with Crippen LogP contribution in [0.5, 0.6) is 17.2 Å². The van der Waals surface area contributed by atoms with Crippen molar-refractivity contribution in [3.8, 4) is 28.4 Å². The second-order valence-corrected chi connectivity index (χ2v) is 6.45. The van der Waals surface area contributed by atoms with Gasteiger partial charge in [0.05, 0.1) is 28.4 Å². The van der Waals surface area contributed by atoms with Crippen LogP contribution >= 0.6 is 0 Å². The number of nitrogens with two attached hydrogens (primary N) is 1. The fourth-order valence-electron chi connectivity index (χ4n) is 3.55. The van der Waals surface area contributed by atoms with Crippen LogP contribution in [0.4, 0.5) is 0 Å². The lowest BCUT2D eigenvalue weighted by atomic mass is 9.94. The van der Waals surface area contributed by atoms with Crippen molar-refractivity contribution < 1.29 is 23.7 Å². The molecule has 1 aromatic heterocycles. The van der Waals surface area contributed by atoms with E-state index >= 15 is 0 Å². The summed E-state index contributed by atoms with van der Waals surface area (Å²) >= 11 is 0.